The van der Waals surface area contributed by atoms with Gasteiger partial charge in [-0.2, -0.15) is 57.1 Å². The third kappa shape index (κ3) is 4.12. The maximum absolute atomic E-state index is 13.6. The molecular formula is C15H11F13O. The summed E-state index contributed by atoms with van der Waals surface area (Å²) in [5.41, 5.74) is -0.160. The molecule has 0 unspecified atom stereocenters. The first-order valence-electron chi connectivity index (χ1n) is 7.43. The number of alkyl halides is 13. The third-order valence-electron chi connectivity index (χ3n) is 3.91. The normalized spacial score (nSPS) is 16.1. The van der Waals surface area contributed by atoms with Gasteiger partial charge in [0, 0.05) is 6.42 Å². The molecule has 1 atom stereocenters. The van der Waals surface area contributed by atoms with Crippen molar-refractivity contribution in [2.75, 3.05) is 0 Å². The fourth-order valence-corrected chi connectivity index (χ4v) is 2.12. The van der Waals surface area contributed by atoms with E-state index in [4.69, 9.17) is 0 Å². The molecule has 168 valence electrons. The summed E-state index contributed by atoms with van der Waals surface area (Å²) in [4.78, 5) is 0. The lowest BCUT2D eigenvalue weighted by molar-refractivity contribution is -0.440. The van der Waals surface area contributed by atoms with Gasteiger partial charge in [0.05, 0.1) is 6.10 Å². The molecule has 0 saturated heterocycles. The van der Waals surface area contributed by atoms with Crippen LogP contribution in [0.25, 0.3) is 0 Å². The molecule has 1 rings (SSSR count). The van der Waals surface area contributed by atoms with Gasteiger partial charge in [0.2, 0.25) is 0 Å². The van der Waals surface area contributed by atoms with Gasteiger partial charge in [-0.1, -0.05) is 30.3 Å². The van der Waals surface area contributed by atoms with Crippen LogP contribution in [0.15, 0.2) is 30.3 Å². The second-order valence-electron chi connectivity index (χ2n) is 5.96. The first-order chi connectivity index (χ1) is 12.7. The van der Waals surface area contributed by atoms with Gasteiger partial charge in [-0.3, -0.25) is 0 Å². The highest BCUT2D eigenvalue weighted by atomic mass is 19.4. The molecule has 0 aromatic heterocycles. The van der Waals surface area contributed by atoms with Crippen molar-refractivity contribution in [1.29, 1.82) is 0 Å². The molecule has 1 aromatic rings. The van der Waals surface area contributed by atoms with Crippen molar-refractivity contribution in [3.8, 4) is 0 Å². The summed E-state index contributed by atoms with van der Waals surface area (Å²) < 4.78 is 168. The summed E-state index contributed by atoms with van der Waals surface area (Å²) in [7, 11) is 0. The molecule has 0 radical (unpaired) electrons. The van der Waals surface area contributed by atoms with Crippen molar-refractivity contribution in [1.82, 2.24) is 0 Å². The average molecular weight is 454 g/mol. The van der Waals surface area contributed by atoms with E-state index >= 15 is 0 Å². The minimum atomic E-state index is -7.91. The summed E-state index contributed by atoms with van der Waals surface area (Å²) in [6, 6.07) is 6.13. The summed E-state index contributed by atoms with van der Waals surface area (Å²) in [6.07, 6.45) is -13.3. The van der Waals surface area contributed by atoms with E-state index in [1.807, 2.05) is 0 Å². The topological polar surface area (TPSA) is 20.2 Å². The monoisotopic (exact) mass is 454 g/mol. The molecule has 29 heavy (non-hydrogen) atoms. The van der Waals surface area contributed by atoms with Crippen molar-refractivity contribution in [3.05, 3.63) is 35.9 Å². The molecule has 0 amide bonds. The first kappa shape index (κ1) is 25.3. The number of aliphatic hydroxyl groups is 1. The van der Waals surface area contributed by atoms with Crippen LogP contribution in [0, 0.1) is 0 Å². The van der Waals surface area contributed by atoms with E-state index in [1.165, 1.54) is 18.2 Å². The Labute approximate surface area is 154 Å². The van der Waals surface area contributed by atoms with Gasteiger partial charge in [0.15, 0.2) is 0 Å². The molecule has 14 heteroatoms. The van der Waals surface area contributed by atoms with Gasteiger partial charge >= 0.3 is 35.8 Å². The summed E-state index contributed by atoms with van der Waals surface area (Å²) in [5, 5.41) is 9.57. The van der Waals surface area contributed by atoms with Crippen molar-refractivity contribution in [3.63, 3.8) is 0 Å². The number of hydrogen-bond donors (Lipinski definition) is 1. The molecule has 0 aliphatic rings. The van der Waals surface area contributed by atoms with Crippen LogP contribution in [0.2, 0.25) is 0 Å². The number of rotatable bonds is 8. The van der Waals surface area contributed by atoms with E-state index in [1.54, 1.807) is 0 Å². The van der Waals surface area contributed by atoms with E-state index in [0.717, 1.165) is 12.1 Å². The lowest BCUT2D eigenvalue weighted by Gasteiger charge is -2.39. The Morgan fingerprint density at radius 1 is 0.621 bits per heavy atom. The van der Waals surface area contributed by atoms with Crippen LogP contribution in [-0.2, 0) is 0 Å². The zero-order chi connectivity index (χ0) is 23.1. The van der Waals surface area contributed by atoms with Crippen LogP contribution in [0.3, 0.4) is 0 Å². The number of aliphatic hydroxyl groups excluding tert-OH is 1. The van der Waals surface area contributed by atoms with E-state index in [2.05, 4.69) is 0 Å². The summed E-state index contributed by atoms with van der Waals surface area (Å²) in [5.74, 6) is -37.0. The fraction of sp³-hybridized carbons (Fsp3) is 0.600. The smallest absolute Gasteiger partial charge is 0.388 e. The van der Waals surface area contributed by atoms with E-state index < -0.39 is 54.7 Å². The standard InChI is InChI=1S/C15H11F13O/c16-10(17,7-6-9(29)8-4-2-1-3-5-8)11(18,19)12(20,21)13(22,23)14(24,25)15(26,27)28/h1-5,9,29H,6-7H2/t9-/m0/s1. The second kappa shape index (κ2) is 7.51. The molecule has 0 aliphatic heterocycles. The minimum absolute atomic E-state index is 0.160. The van der Waals surface area contributed by atoms with E-state index in [0.29, 0.717) is 0 Å². The molecule has 1 N–H and O–H groups in total. The molecule has 0 fully saturated rings. The van der Waals surface area contributed by atoms with Gasteiger partial charge in [-0.25, -0.2) is 0 Å². The highest BCUT2D eigenvalue weighted by Gasteiger charge is 2.90. The van der Waals surface area contributed by atoms with Crippen LogP contribution in [0.4, 0.5) is 57.1 Å². The van der Waals surface area contributed by atoms with E-state index in [-0.39, 0.29) is 5.56 Å². The Hall–Kier alpha value is -1.73. The highest BCUT2D eigenvalue weighted by molar-refractivity contribution is 5.17. The fourth-order valence-electron chi connectivity index (χ4n) is 2.12. The van der Waals surface area contributed by atoms with Crippen molar-refractivity contribution < 1.29 is 62.2 Å². The highest BCUT2D eigenvalue weighted by Crippen LogP contribution is 2.60. The zero-order valence-corrected chi connectivity index (χ0v) is 13.7. The zero-order valence-electron chi connectivity index (χ0n) is 13.7. The lowest BCUT2D eigenvalue weighted by atomic mass is 9.91. The van der Waals surface area contributed by atoms with Crippen molar-refractivity contribution in [2.24, 2.45) is 0 Å². The molecule has 1 nitrogen and oxygen atoms in total. The van der Waals surface area contributed by atoms with Gasteiger partial charge in [-0.15, -0.1) is 0 Å². The first-order valence-corrected chi connectivity index (χ1v) is 7.43. The van der Waals surface area contributed by atoms with Gasteiger partial charge < -0.3 is 5.11 Å². The van der Waals surface area contributed by atoms with Crippen LogP contribution in [0.1, 0.15) is 24.5 Å². The molecule has 0 saturated carbocycles. The molecule has 1 aromatic carbocycles. The average Bonchev–Trinajstić information content (AvgIpc) is 2.58. The Morgan fingerprint density at radius 3 is 1.45 bits per heavy atom. The van der Waals surface area contributed by atoms with Crippen molar-refractivity contribution >= 4 is 0 Å². The molecule has 0 spiro atoms. The SMILES string of the molecule is O[C@@H](CCC(F)(F)C(F)(F)C(F)(F)C(F)(F)C(F)(F)C(F)(F)F)c1ccccc1. The predicted octanol–water partition coefficient (Wildman–Crippen LogP) is 6.24. The Balaban J connectivity index is 3.18. The Morgan fingerprint density at radius 2 is 1.03 bits per heavy atom. The predicted molar refractivity (Wildman–Crippen MR) is 71.4 cm³/mol. The number of halogens is 13. The van der Waals surface area contributed by atoms with Gasteiger partial charge in [0.1, 0.15) is 0 Å². The summed E-state index contributed by atoms with van der Waals surface area (Å²) >= 11 is 0. The largest absolute Gasteiger partial charge is 0.460 e. The summed E-state index contributed by atoms with van der Waals surface area (Å²) in [6.45, 7) is 0. The molecule has 0 aliphatic carbocycles. The lowest BCUT2D eigenvalue weighted by Crippen LogP contribution is -2.70. The maximum atomic E-state index is 13.6. The molecule has 0 bridgehead atoms. The Kier molecular flexibility index (Phi) is 6.55. The maximum Gasteiger partial charge on any atom is 0.460 e. The van der Waals surface area contributed by atoms with E-state index in [9.17, 15) is 62.2 Å². The minimum Gasteiger partial charge on any atom is -0.388 e. The number of hydrogen-bond acceptors (Lipinski definition) is 1. The van der Waals surface area contributed by atoms with Crippen LogP contribution < -0.4 is 0 Å². The quantitative estimate of drug-likeness (QED) is 0.462. The molecular weight excluding hydrogens is 443 g/mol. The number of benzene rings is 1. The van der Waals surface area contributed by atoms with Crippen LogP contribution >= 0.6 is 0 Å². The van der Waals surface area contributed by atoms with Gasteiger partial charge in [-0.05, 0) is 12.0 Å². The van der Waals surface area contributed by atoms with Crippen molar-refractivity contribution in [2.45, 2.75) is 54.7 Å². The second-order valence-corrected chi connectivity index (χ2v) is 5.96. The third-order valence-corrected chi connectivity index (χ3v) is 3.91. The van der Waals surface area contributed by atoms with Crippen LogP contribution in [-0.4, -0.2) is 40.9 Å². The van der Waals surface area contributed by atoms with Gasteiger partial charge in [0.25, 0.3) is 0 Å². The van der Waals surface area contributed by atoms with Crippen LogP contribution in [0.5, 0.6) is 0 Å². The Bertz CT molecular complexity index is 681. The molecule has 0 heterocycles.